The number of rotatable bonds is 3. The second-order valence-corrected chi connectivity index (χ2v) is 5.83. The van der Waals surface area contributed by atoms with Crippen molar-refractivity contribution in [2.45, 2.75) is 10.9 Å². The van der Waals surface area contributed by atoms with E-state index in [0.717, 1.165) is 16.3 Å². The van der Waals surface area contributed by atoms with Gasteiger partial charge in [-0.3, -0.25) is 4.79 Å². The van der Waals surface area contributed by atoms with Gasteiger partial charge in [0.15, 0.2) is 16.6 Å². The minimum Gasteiger partial charge on any atom is -0.502 e. The van der Waals surface area contributed by atoms with Gasteiger partial charge in [-0.2, -0.15) is 0 Å². The fraction of sp³-hybridized carbons (Fsp3) is 0.0833. The maximum Gasteiger partial charge on any atom is 0.226 e. The van der Waals surface area contributed by atoms with E-state index in [1.807, 2.05) is 6.07 Å². The Labute approximate surface area is 125 Å². The van der Waals surface area contributed by atoms with E-state index < -0.39 is 11.2 Å². The third-order valence-corrected chi connectivity index (χ3v) is 3.83. The highest BCUT2D eigenvalue weighted by Crippen LogP contribution is 2.23. The van der Waals surface area contributed by atoms with E-state index >= 15 is 0 Å². The first-order valence-electron chi connectivity index (χ1n) is 5.56. The number of thioether (sulfide) groups is 1. The van der Waals surface area contributed by atoms with Crippen LogP contribution in [0.2, 0.25) is 0 Å². The van der Waals surface area contributed by atoms with Crippen LogP contribution >= 0.6 is 27.7 Å². The molecule has 8 heteroatoms. The van der Waals surface area contributed by atoms with Gasteiger partial charge in [0.1, 0.15) is 12.0 Å². The number of H-pyrrole nitrogens is 1. The molecule has 0 atom stereocenters. The average molecular weight is 354 g/mol. The van der Waals surface area contributed by atoms with Crippen LogP contribution in [0.25, 0.3) is 11.2 Å². The normalized spacial score (nSPS) is 11.1. The van der Waals surface area contributed by atoms with Gasteiger partial charge in [0.05, 0.1) is 11.3 Å². The van der Waals surface area contributed by atoms with Crippen molar-refractivity contribution in [1.29, 1.82) is 0 Å². The van der Waals surface area contributed by atoms with Gasteiger partial charge in [-0.1, -0.05) is 11.8 Å². The maximum atomic E-state index is 11.3. The molecule has 0 amide bonds. The molecule has 0 aromatic carbocycles. The van der Waals surface area contributed by atoms with Crippen LogP contribution in [0.3, 0.4) is 0 Å². The topological polar surface area (TPSA) is 92.0 Å². The van der Waals surface area contributed by atoms with E-state index in [2.05, 4.69) is 30.9 Å². The van der Waals surface area contributed by atoms with Crippen molar-refractivity contribution in [3.05, 3.63) is 45.0 Å². The SMILES string of the molecule is O=c1cc(CSc2nc3ncc(Br)cc3[nH]2)occ1O. The molecule has 20 heavy (non-hydrogen) atoms. The van der Waals surface area contributed by atoms with E-state index in [9.17, 15) is 4.79 Å². The van der Waals surface area contributed by atoms with Crippen LogP contribution < -0.4 is 5.43 Å². The van der Waals surface area contributed by atoms with Crippen LogP contribution in [-0.4, -0.2) is 20.1 Å². The predicted octanol–water partition coefficient (Wildman–Crippen LogP) is 2.67. The lowest BCUT2D eigenvalue weighted by Gasteiger charge is -1.97. The Kier molecular flexibility index (Phi) is 3.49. The molecular weight excluding hydrogens is 346 g/mol. The molecule has 102 valence electrons. The number of nitrogens with zero attached hydrogens (tertiary/aromatic N) is 2. The molecule has 0 fully saturated rings. The third kappa shape index (κ3) is 2.70. The Balaban J connectivity index is 1.79. The number of halogens is 1. The highest BCUT2D eigenvalue weighted by atomic mass is 79.9. The number of fused-ring (bicyclic) bond motifs is 1. The molecule has 2 N–H and O–H groups in total. The highest BCUT2D eigenvalue weighted by molar-refractivity contribution is 9.10. The van der Waals surface area contributed by atoms with Gasteiger partial charge < -0.3 is 14.5 Å². The van der Waals surface area contributed by atoms with Crippen LogP contribution in [0.15, 0.2) is 43.4 Å². The summed E-state index contributed by atoms with van der Waals surface area (Å²) < 4.78 is 5.99. The Hall–Kier alpha value is -1.80. The molecule has 3 heterocycles. The number of nitrogens with one attached hydrogen (secondary N) is 1. The predicted molar refractivity (Wildman–Crippen MR) is 77.8 cm³/mol. The monoisotopic (exact) mass is 353 g/mol. The zero-order valence-electron chi connectivity index (χ0n) is 9.96. The zero-order valence-corrected chi connectivity index (χ0v) is 12.4. The molecule has 0 spiro atoms. The number of hydrogen-bond acceptors (Lipinski definition) is 6. The summed E-state index contributed by atoms with van der Waals surface area (Å²) in [5.74, 6) is 0.500. The molecule has 0 unspecified atom stereocenters. The van der Waals surface area contributed by atoms with Crippen molar-refractivity contribution in [1.82, 2.24) is 15.0 Å². The number of pyridine rings is 1. The van der Waals surface area contributed by atoms with Crippen molar-refractivity contribution in [3.8, 4) is 5.75 Å². The molecule has 0 radical (unpaired) electrons. The van der Waals surface area contributed by atoms with Gasteiger partial charge in [0.25, 0.3) is 0 Å². The molecule has 6 nitrogen and oxygen atoms in total. The molecule has 0 saturated carbocycles. The lowest BCUT2D eigenvalue weighted by atomic mass is 10.4. The average Bonchev–Trinajstić information content (AvgIpc) is 2.82. The molecule has 0 bridgehead atoms. The van der Waals surface area contributed by atoms with E-state index in [1.54, 1.807) is 6.20 Å². The maximum absolute atomic E-state index is 11.3. The standard InChI is InChI=1S/C12H8BrN3O3S/c13-6-1-8-11(14-3-6)16-12(15-8)20-5-7-2-9(17)10(18)4-19-7/h1-4,18H,5H2,(H,14,15,16). The Bertz CT molecular complexity index is 830. The minimum absolute atomic E-state index is 0.392. The molecule has 0 aliphatic heterocycles. The summed E-state index contributed by atoms with van der Waals surface area (Å²) in [5, 5.41) is 9.79. The molecule has 0 saturated heterocycles. The second kappa shape index (κ2) is 5.29. The van der Waals surface area contributed by atoms with Crippen molar-refractivity contribution in [2.75, 3.05) is 0 Å². The quantitative estimate of drug-likeness (QED) is 0.703. The zero-order chi connectivity index (χ0) is 14.1. The minimum atomic E-state index is -0.456. The molecular formula is C12H8BrN3O3S. The first kappa shape index (κ1) is 13.2. The Morgan fingerprint density at radius 3 is 3.10 bits per heavy atom. The molecule has 3 aromatic heterocycles. The van der Waals surface area contributed by atoms with Crippen LogP contribution in [0, 0.1) is 0 Å². The second-order valence-electron chi connectivity index (χ2n) is 3.95. The van der Waals surface area contributed by atoms with Crippen LogP contribution in [0.4, 0.5) is 0 Å². The summed E-state index contributed by atoms with van der Waals surface area (Å²) >= 11 is 4.73. The molecule has 3 rings (SSSR count). The van der Waals surface area contributed by atoms with E-state index in [-0.39, 0.29) is 0 Å². The van der Waals surface area contributed by atoms with Crippen molar-refractivity contribution in [2.24, 2.45) is 0 Å². The highest BCUT2D eigenvalue weighted by Gasteiger charge is 2.07. The van der Waals surface area contributed by atoms with Gasteiger partial charge in [-0.15, -0.1) is 0 Å². The Morgan fingerprint density at radius 2 is 2.30 bits per heavy atom. The first-order valence-corrected chi connectivity index (χ1v) is 7.34. The summed E-state index contributed by atoms with van der Waals surface area (Å²) in [4.78, 5) is 22.9. The summed E-state index contributed by atoms with van der Waals surface area (Å²) in [6.07, 6.45) is 2.71. The number of imidazole rings is 1. The number of hydrogen-bond donors (Lipinski definition) is 2. The molecule has 0 aliphatic rings. The fourth-order valence-electron chi connectivity index (χ4n) is 1.58. The van der Waals surface area contributed by atoms with Gasteiger partial charge >= 0.3 is 0 Å². The summed E-state index contributed by atoms with van der Waals surface area (Å²) in [6, 6.07) is 3.15. The summed E-state index contributed by atoms with van der Waals surface area (Å²) in [5.41, 5.74) is 0.999. The van der Waals surface area contributed by atoms with Crippen LogP contribution in [-0.2, 0) is 5.75 Å². The Morgan fingerprint density at radius 1 is 1.45 bits per heavy atom. The van der Waals surface area contributed by atoms with Gasteiger partial charge in [-0.05, 0) is 22.0 Å². The van der Waals surface area contributed by atoms with E-state index in [1.165, 1.54) is 17.8 Å². The van der Waals surface area contributed by atoms with E-state index in [0.29, 0.717) is 22.3 Å². The van der Waals surface area contributed by atoms with Gasteiger partial charge in [0.2, 0.25) is 5.43 Å². The third-order valence-electron chi connectivity index (χ3n) is 2.50. The van der Waals surface area contributed by atoms with Crippen LogP contribution in [0.5, 0.6) is 5.75 Å². The number of aromatic hydroxyl groups is 1. The number of aromatic amines is 1. The van der Waals surface area contributed by atoms with E-state index in [4.69, 9.17) is 9.52 Å². The first-order chi connectivity index (χ1) is 9.61. The molecule has 3 aromatic rings. The number of aromatic nitrogens is 3. The van der Waals surface area contributed by atoms with Crippen molar-refractivity contribution < 1.29 is 9.52 Å². The van der Waals surface area contributed by atoms with Gasteiger partial charge in [-0.25, -0.2) is 9.97 Å². The van der Waals surface area contributed by atoms with Crippen molar-refractivity contribution in [3.63, 3.8) is 0 Å². The summed E-state index contributed by atoms with van der Waals surface area (Å²) in [7, 11) is 0. The largest absolute Gasteiger partial charge is 0.502 e. The fourth-order valence-corrected chi connectivity index (χ4v) is 2.67. The smallest absolute Gasteiger partial charge is 0.226 e. The van der Waals surface area contributed by atoms with Crippen LogP contribution in [0.1, 0.15) is 5.76 Å². The van der Waals surface area contributed by atoms with Gasteiger partial charge in [0, 0.05) is 16.7 Å². The van der Waals surface area contributed by atoms with Crippen molar-refractivity contribution >= 4 is 38.9 Å². The summed E-state index contributed by atoms with van der Waals surface area (Å²) in [6.45, 7) is 0. The lowest BCUT2D eigenvalue weighted by Crippen LogP contribution is -1.99. The molecule has 0 aliphatic carbocycles. The lowest BCUT2D eigenvalue weighted by molar-refractivity contribution is 0.419.